The van der Waals surface area contributed by atoms with Crippen molar-refractivity contribution in [2.45, 2.75) is 0 Å². The van der Waals surface area contributed by atoms with Crippen LogP contribution < -0.4 is 10.1 Å². The fourth-order valence-electron chi connectivity index (χ4n) is 1.28. The van der Waals surface area contributed by atoms with Crippen molar-refractivity contribution < 1.29 is 9.53 Å². The smallest absolute Gasteiger partial charge is 0.251 e. The average Bonchev–Trinajstić information content (AvgIpc) is 2.27. The fourth-order valence-corrected chi connectivity index (χ4v) is 1.28. The highest BCUT2D eigenvalue weighted by Gasteiger charge is 2.10. The summed E-state index contributed by atoms with van der Waals surface area (Å²) in [5, 5.41) is 2.56. The second-order valence-corrected chi connectivity index (χ2v) is 2.88. The molecule has 4 heteroatoms. The first-order valence-corrected chi connectivity index (χ1v) is 4.33. The number of fused-ring (bicyclic) bond motifs is 1. The molecule has 1 aliphatic heterocycles. The molecule has 0 unspecified atom stereocenters. The predicted octanol–water partition coefficient (Wildman–Crippen LogP) is 1.14. The lowest BCUT2D eigenvalue weighted by Crippen LogP contribution is -2.17. The summed E-state index contributed by atoms with van der Waals surface area (Å²) in [4.78, 5) is 15.4. The maximum absolute atomic E-state index is 11.3. The van der Waals surface area contributed by atoms with Crippen molar-refractivity contribution in [3.8, 4) is 5.75 Å². The van der Waals surface area contributed by atoms with Crippen LogP contribution in [0.15, 0.2) is 23.2 Å². The minimum atomic E-state index is -0.119. The Morgan fingerprint density at radius 3 is 3.21 bits per heavy atom. The minimum Gasteiger partial charge on any atom is -0.486 e. The van der Waals surface area contributed by atoms with E-state index in [2.05, 4.69) is 10.3 Å². The lowest BCUT2D eigenvalue weighted by Gasteiger charge is -2.12. The Bertz CT molecular complexity index is 399. The number of aliphatic imine (C=N–C) groups is 1. The molecule has 0 saturated heterocycles. The van der Waals surface area contributed by atoms with Gasteiger partial charge in [0, 0.05) is 18.8 Å². The van der Waals surface area contributed by atoms with Gasteiger partial charge in [-0.25, -0.2) is 0 Å². The molecule has 0 aliphatic carbocycles. The Labute approximate surface area is 81.6 Å². The number of hydrogen-bond donors (Lipinski definition) is 1. The molecule has 4 nitrogen and oxygen atoms in total. The van der Waals surface area contributed by atoms with Crippen LogP contribution >= 0.6 is 0 Å². The molecular weight excluding hydrogens is 180 g/mol. The number of nitrogens with one attached hydrogen (secondary N) is 1. The van der Waals surface area contributed by atoms with Crippen LogP contribution in [-0.4, -0.2) is 25.8 Å². The number of hydrogen-bond acceptors (Lipinski definition) is 3. The van der Waals surface area contributed by atoms with Crippen LogP contribution in [-0.2, 0) is 0 Å². The van der Waals surface area contributed by atoms with E-state index in [4.69, 9.17) is 4.74 Å². The summed E-state index contributed by atoms with van der Waals surface area (Å²) >= 11 is 0. The van der Waals surface area contributed by atoms with Gasteiger partial charge in [0.15, 0.2) is 0 Å². The molecule has 1 aromatic carbocycles. The van der Waals surface area contributed by atoms with Crippen molar-refractivity contribution in [1.29, 1.82) is 0 Å². The largest absolute Gasteiger partial charge is 0.486 e. The van der Waals surface area contributed by atoms with Crippen molar-refractivity contribution in [3.05, 3.63) is 23.8 Å². The second-order valence-electron chi connectivity index (χ2n) is 2.88. The van der Waals surface area contributed by atoms with Gasteiger partial charge in [-0.15, -0.1) is 0 Å². The summed E-state index contributed by atoms with van der Waals surface area (Å²) in [6, 6.07) is 5.20. The lowest BCUT2D eigenvalue weighted by atomic mass is 10.1. The van der Waals surface area contributed by atoms with Gasteiger partial charge >= 0.3 is 0 Å². The third-order valence-corrected chi connectivity index (χ3v) is 1.99. The second kappa shape index (κ2) is 3.49. The number of ether oxygens (including phenoxy) is 1. The quantitative estimate of drug-likeness (QED) is 0.722. The van der Waals surface area contributed by atoms with E-state index < -0.39 is 0 Å². The molecule has 1 aromatic rings. The molecule has 0 atom stereocenters. The third-order valence-electron chi connectivity index (χ3n) is 1.99. The Morgan fingerprint density at radius 2 is 2.43 bits per heavy atom. The van der Waals surface area contributed by atoms with Crippen LogP contribution in [0.2, 0.25) is 0 Å². The molecule has 1 N–H and O–H groups in total. The molecule has 0 fully saturated rings. The summed E-state index contributed by atoms with van der Waals surface area (Å²) in [5.41, 5.74) is 1.35. The van der Waals surface area contributed by atoms with Crippen molar-refractivity contribution in [2.24, 2.45) is 4.99 Å². The van der Waals surface area contributed by atoms with E-state index in [1.54, 1.807) is 31.5 Å². The SMILES string of the molecule is CNC(=O)c1ccc2c(c1)OCC=N2. The molecule has 0 saturated carbocycles. The summed E-state index contributed by atoms with van der Waals surface area (Å²) in [6.07, 6.45) is 1.70. The Balaban J connectivity index is 2.39. The Kier molecular flexibility index (Phi) is 2.18. The summed E-state index contributed by atoms with van der Waals surface area (Å²) in [6.45, 7) is 0.462. The highest BCUT2D eigenvalue weighted by molar-refractivity contribution is 5.95. The van der Waals surface area contributed by atoms with Crippen LogP contribution in [0.25, 0.3) is 0 Å². The summed E-state index contributed by atoms with van der Waals surface area (Å²) in [5.74, 6) is 0.541. The predicted molar refractivity (Wildman–Crippen MR) is 53.5 cm³/mol. The van der Waals surface area contributed by atoms with Crippen LogP contribution in [0.3, 0.4) is 0 Å². The highest BCUT2D eigenvalue weighted by Crippen LogP contribution is 2.30. The molecule has 0 spiro atoms. The molecule has 1 aliphatic rings. The molecule has 0 bridgehead atoms. The number of rotatable bonds is 1. The number of carbonyl (C=O) groups is 1. The first kappa shape index (κ1) is 8.74. The van der Waals surface area contributed by atoms with E-state index in [0.717, 1.165) is 5.69 Å². The number of carbonyl (C=O) groups excluding carboxylic acids is 1. The Morgan fingerprint density at radius 1 is 1.57 bits per heavy atom. The zero-order chi connectivity index (χ0) is 9.97. The maximum atomic E-state index is 11.3. The van der Waals surface area contributed by atoms with Gasteiger partial charge in [-0.3, -0.25) is 9.79 Å². The molecule has 0 radical (unpaired) electrons. The van der Waals surface area contributed by atoms with Crippen LogP contribution in [0.4, 0.5) is 5.69 Å². The highest BCUT2D eigenvalue weighted by atomic mass is 16.5. The normalized spacial score (nSPS) is 12.9. The Hall–Kier alpha value is -1.84. The molecule has 72 valence electrons. The molecular formula is C10H10N2O2. The van der Waals surface area contributed by atoms with Crippen molar-refractivity contribution in [3.63, 3.8) is 0 Å². The van der Waals surface area contributed by atoms with Crippen molar-refractivity contribution in [2.75, 3.05) is 13.7 Å². The number of benzene rings is 1. The summed E-state index contributed by atoms with van der Waals surface area (Å²) < 4.78 is 5.33. The zero-order valence-corrected chi connectivity index (χ0v) is 7.78. The van der Waals surface area contributed by atoms with Gasteiger partial charge in [0.1, 0.15) is 18.0 Å². The van der Waals surface area contributed by atoms with Gasteiger partial charge in [-0.1, -0.05) is 0 Å². The van der Waals surface area contributed by atoms with Gasteiger partial charge in [0.2, 0.25) is 0 Å². The number of amides is 1. The van der Waals surface area contributed by atoms with Crippen LogP contribution in [0.1, 0.15) is 10.4 Å². The topological polar surface area (TPSA) is 50.7 Å². The van der Waals surface area contributed by atoms with Crippen LogP contribution in [0, 0.1) is 0 Å². The van der Waals surface area contributed by atoms with E-state index in [0.29, 0.717) is 17.9 Å². The third kappa shape index (κ3) is 1.46. The lowest BCUT2D eigenvalue weighted by molar-refractivity contribution is 0.0962. The number of nitrogens with zero attached hydrogens (tertiary/aromatic N) is 1. The average molecular weight is 190 g/mol. The van der Waals surface area contributed by atoms with Crippen LogP contribution in [0.5, 0.6) is 5.75 Å². The van der Waals surface area contributed by atoms with E-state index in [1.807, 2.05) is 0 Å². The summed E-state index contributed by atoms with van der Waals surface area (Å²) in [7, 11) is 1.60. The molecule has 0 aromatic heterocycles. The van der Waals surface area contributed by atoms with Crippen molar-refractivity contribution >= 4 is 17.8 Å². The van der Waals surface area contributed by atoms with E-state index in [-0.39, 0.29) is 5.91 Å². The maximum Gasteiger partial charge on any atom is 0.251 e. The molecule has 14 heavy (non-hydrogen) atoms. The van der Waals surface area contributed by atoms with Gasteiger partial charge in [0.25, 0.3) is 5.91 Å². The first-order valence-electron chi connectivity index (χ1n) is 4.33. The van der Waals surface area contributed by atoms with E-state index in [9.17, 15) is 4.79 Å². The minimum absolute atomic E-state index is 0.119. The zero-order valence-electron chi connectivity index (χ0n) is 7.78. The first-order chi connectivity index (χ1) is 6.81. The standard InChI is InChI=1S/C10H10N2O2/c1-11-10(13)7-2-3-8-9(6-7)14-5-4-12-8/h2-4,6H,5H2,1H3,(H,11,13). The van der Waals surface area contributed by atoms with Gasteiger partial charge in [-0.2, -0.15) is 0 Å². The van der Waals surface area contributed by atoms with Gasteiger partial charge in [0.05, 0.1) is 0 Å². The van der Waals surface area contributed by atoms with E-state index >= 15 is 0 Å². The molecule has 2 rings (SSSR count). The van der Waals surface area contributed by atoms with Gasteiger partial charge in [-0.05, 0) is 18.2 Å². The molecule has 1 amide bonds. The monoisotopic (exact) mass is 190 g/mol. The van der Waals surface area contributed by atoms with Crippen molar-refractivity contribution in [1.82, 2.24) is 5.32 Å². The van der Waals surface area contributed by atoms with E-state index in [1.165, 1.54) is 0 Å². The molecule has 1 heterocycles. The fraction of sp³-hybridized carbons (Fsp3) is 0.200. The van der Waals surface area contributed by atoms with Gasteiger partial charge < -0.3 is 10.1 Å².